The third-order valence-corrected chi connectivity index (χ3v) is 0.913. The predicted octanol–water partition coefficient (Wildman–Crippen LogP) is 0.810. The monoisotopic (exact) mass is 280 g/mol. The van der Waals surface area contributed by atoms with E-state index in [2.05, 4.69) is 6.13 Å². The summed E-state index contributed by atoms with van der Waals surface area (Å²) in [5.41, 5.74) is 0. The topological polar surface area (TPSA) is 18.5 Å². The number of halogens is 1. The SMILES string of the molecule is CO[IH]OC.[Zr]. The third kappa shape index (κ3) is 9.11. The van der Waals surface area contributed by atoms with Gasteiger partial charge in [-0.1, -0.05) is 0 Å². The molecule has 0 N–H and O–H groups in total. The molecule has 0 heterocycles. The normalized spacial score (nSPS) is 7.67. The van der Waals surface area contributed by atoms with Crippen molar-refractivity contribution in [1.82, 2.24) is 0 Å². The van der Waals surface area contributed by atoms with E-state index < -0.39 is 22.0 Å². The zero-order valence-electron chi connectivity index (χ0n) is 3.72. The van der Waals surface area contributed by atoms with Crippen LogP contribution in [0.1, 0.15) is 0 Å². The molecule has 0 aliphatic carbocycles. The zero-order valence-corrected chi connectivity index (χ0v) is 8.51. The fourth-order valence-electron chi connectivity index (χ4n) is 0.0680. The summed E-state index contributed by atoms with van der Waals surface area (Å²) in [7, 11) is 3.29. The van der Waals surface area contributed by atoms with Gasteiger partial charge >= 0.3 is 42.4 Å². The molecular formula is C2H7IO2Zr. The van der Waals surface area contributed by atoms with Crippen LogP contribution in [0.25, 0.3) is 0 Å². The van der Waals surface area contributed by atoms with E-state index in [1.54, 1.807) is 14.2 Å². The first-order chi connectivity index (χ1) is 2.41. The second-order valence-corrected chi connectivity index (χ2v) is 2.69. The van der Waals surface area contributed by atoms with Crippen molar-refractivity contribution in [2.75, 3.05) is 14.2 Å². The Morgan fingerprint density at radius 3 is 1.50 bits per heavy atom. The van der Waals surface area contributed by atoms with Crippen molar-refractivity contribution in [3.05, 3.63) is 0 Å². The van der Waals surface area contributed by atoms with Gasteiger partial charge in [0, 0.05) is 26.2 Å². The third-order valence-electron chi connectivity index (χ3n) is 0.136. The van der Waals surface area contributed by atoms with Crippen molar-refractivity contribution in [2.45, 2.75) is 0 Å². The van der Waals surface area contributed by atoms with E-state index in [9.17, 15) is 0 Å². The minimum absolute atomic E-state index is 0. The predicted molar refractivity (Wildman–Crippen MR) is 29.4 cm³/mol. The van der Waals surface area contributed by atoms with Crippen LogP contribution < -0.4 is 0 Å². The van der Waals surface area contributed by atoms with E-state index in [1.807, 2.05) is 0 Å². The number of hydrogen-bond acceptors (Lipinski definition) is 2. The van der Waals surface area contributed by atoms with Crippen LogP contribution in [0.4, 0.5) is 0 Å². The van der Waals surface area contributed by atoms with Gasteiger partial charge in [-0.2, -0.15) is 0 Å². The summed E-state index contributed by atoms with van der Waals surface area (Å²) >= 11 is -0.507. The fraction of sp³-hybridized carbons (Fsp3) is 1.00. The van der Waals surface area contributed by atoms with Crippen LogP contribution in [0.5, 0.6) is 0 Å². The number of rotatable bonds is 2. The van der Waals surface area contributed by atoms with E-state index in [0.29, 0.717) is 0 Å². The van der Waals surface area contributed by atoms with Gasteiger partial charge in [0.1, 0.15) is 0 Å². The summed E-state index contributed by atoms with van der Waals surface area (Å²) in [4.78, 5) is 0. The summed E-state index contributed by atoms with van der Waals surface area (Å²) in [6, 6.07) is 0. The van der Waals surface area contributed by atoms with Crippen molar-refractivity contribution >= 4 is 22.0 Å². The van der Waals surface area contributed by atoms with E-state index in [4.69, 9.17) is 0 Å². The molecule has 38 valence electrons. The van der Waals surface area contributed by atoms with Gasteiger partial charge < -0.3 is 0 Å². The molecule has 0 aromatic carbocycles. The van der Waals surface area contributed by atoms with Gasteiger partial charge in [0.25, 0.3) is 0 Å². The van der Waals surface area contributed by atoms with Crippen LogP contribution in [0, 0.1) is 0 Å². The van der Waals surface area contributed by atoms with Crippen LogP contribution >= 0.6 is 22.0 Å². The molecule has 0 atom stereocenters. The molecule has 0 amide bonds. The molecule has 0 fully saturated rings. The van der Waals surface area contributed by atoms with Gasteiger partial charge in [-0.3, -0.25) is 0 Å². The molecular weight excluding hydrogens is 274 g/mol. The maximum absolute atomic E-state index is 4.60. The Bertz CT molecular complexity index is 19.0. The molecule has 0 aliphatic rings. The van der Waals surface area contributed by atoms with E-state index >= 15 is 0 Å². The van der Waals surface area contributed by atoms with E-state index in [1.165, 1.54) is 0 Å². The van der Waals surface area contributed by atoms with Crippen LogP contribution in [0.2, 0.25) is 0 Å². The Kier molecular flexibility index (Phi) is 17.0. The maximum atomic E-state index is 4.60. The molecule has 0 radical (unpaired) electrons. The molecule has 2 nitrogen and oxygen atoms in total. The molecule has 6 heavy (non-hydrogen) atoms. The van der Waals surface area contributed by atoms with E-state index in [0.717, 1.165) is 0 Å². The van der Waals surface area contributed by atoms with Crippen LogP contribution in [0.15, 0.2) is 0 Å². The van der Waals surface area contributed by atoms with Gasteiger partial charge in [0.05, 0.1) is 0 Å². The average molecular weight is 281 g/mol. The summed E-state index contributed by atoms with van der Waals surface area (Å²) in [5.74, 6) is 0. The molecule has 0 rings (SSSR count). The van der Waals surface area contributed by atoms with Crippen LogP contribution in [-0.2, 0) is 32.3 Å². The first-order valence-corrected chi connectivity index (χ1v) is 3.05. The van der Waals surface area contributed by atoms with Gasteiger partial charge in [0.15, 0.2) is 0 Å². The molecule has 0 saturated carbocycles. The molecule has 0 unspecified atom stereocenters. The first kappa shape index (κ1) is 10.5. The van der Waals surface area contributed by atoms with Crippen molar-refractivity contribution in [3.8, 4) is 0 Å². The van der Waals surface area contributed by atoms with Crippen molar-refractivity contribution in [2.24, 2.45) is 0 Å². The Labute approximate surface area is 68.1 Å². The van der Waals surface area contributed by atoms with Gasteiger partial charge in [-0.15, -0.1) is 0 Å². The Hall–Kier alpha value is 1.53. The molecule has 0 saturated heterocycles. The second kappa shape index (κ2) is 9.73. The average Bonchev–Trinajstić information content (AvgIpc) is 1.41. The molecule has 0 bridgehead atoms. The maximum Gasteiger partial charge on any atom is 0 e. The van der Waals surface area contributed by atoms with Crippen molar-refractivity contribution in [1.29, 1.82) is 0 Å². The Morgan fingerprint density at radius 1 is 1.17 bits per heavy atom. The van der Waals surface area contributed by atoms with Gasteiger partial charge in [0.2, 0.25) is 0 Å². The zero-order chi connectivity index (χ0) is 4.12. The molecule has 0 aliphatic heterocycles. The Morgan fingerprint density at radius 2 is 1.50 bits per heavy atom. The van der Waals surface area contributed by atoms with Crippen molar-refractivity contribution < 1.29 is 32.3 Å². The smallest absolute Gasteiger partial charge is 0 e. The van der Waals surface area contributed by atoms with Crippen LogP contribution in [-0.4, -0.2) is 14.2 Å². The summed E-state index contributed by atoms with van der Waals surface area (Å²) in [6.45, 7) is 0. The number of hydrogen-bond donors (Lipinski definition) is 0. The first-order valence-electron chi connectivity index (χ1n) is 1.15. The van der Waals surface area contributed by atoms with Crippen LogP contribution in [0.3, 0.4) is 0 Å². The molecule has 4 heteroatoms. The van der Waals surface area contributed by atoms with Gasteiger partial charge in [-0.25, -0.2) is 0 Å². The summed E-state index contributed by atoms with van der Waals surface area (Å²) in [6.07, 6.45) is 0. The van der Waals surface area contributed by atoms with Gasteiger partial charge in [-0.05, 0) is 0 Å². The summed E-state index contributed by atoms with van der Waals surface area (Å²) < 4.78 is 9.20. The second-order valence-electron chi connectivity index (χ2n) is 0.401. The fourth-order valence-corrected chi connectivity index (χ4v) is 0.456. The minimum atomic E-state index is -0.507. The standard InChI is InChI=1S/C2H7IO2.Zr/c1-4-3-5-2;/h3H,1-2H3;. The molecule has 0 aromatic heterocycles. The Balaban J connectivity index is 0. The van der Waals surface area contributed by atoms with Crippen molar-refractivity contribution in [3.63, 3.8) is 0 Å². The largest absolute Gasteiger partial charge is 0 e. The quantitative estimate of drug-likeness (QED) is 0.697. The molecule has 0 aromatic rings. The molecule has 0 spiro atoms. The summed E-state index contributed by atoms with van der Waals surface area (Å²) in [5, 5.41) is 0. The minimum Gasteiger partial charge on any atom is 0 e. The van der Waals surface area contributed by atoms with E-state index in [-0.39, 0.29) is 26.2 Å².